The van der Waals surface area contributed by atoms with Gasteiger partial charge in [0.1, 0.15) is 11.6 Å². The molecule has 3 aliphatic heterocycles. The molecule has 2 atom stereocenters. The zero-order valence-corrected chi connectivity index (χ0v) is 14.7. The lowest BCUT2D eigenvalue weighted by molar-refractivity contribution is -0.00844. The summed E-state index contributed by atoms with van der Waals surface area (Å²) in [5.41, 5.74) is 1.53. The summed E-state index contributed by atoms with van der Waals surface area (Å²) in [7, 11) is 1.87. The molecule has 0 amide bonds. The van der Waals surface area contributed by atoms with Gasteiger partial charge >= 0.3 is 0 Å². The van der Waals surface area contributed by atoms with Crippen molar-refractivity contribution in [2.75, 3.05) is 27.2 Å². The predicted octanol–water partition coefficient (Wildman–Crippen LogP) is 1.76. The predicted molar refractivity (Wildman–Crippen MR) is 92.4 cm³/mol. The molecule has 7 nitrogen and oxygen atoms in total. The van der Waals surface area contributed by atoms with Crippen LogP contribution in [0.15, 0.2) is 24.3 Å². The van der Waals surface area contributed by atoms with Crippen molar-refractivity contribution >= 4 is 5.78 Å². The second-order valence-electron chi connectivity index (χ2n) is 7.29. The molecule has 0 radical (unpaired) electrons. The van der Waals surface area contributed by atoms with Crippen LogP contribution >= 0.6 is 0 Å². The largest absolute Gasteiger partial charge is 0.454 e. The molecule has 0 bridgehead atoms. The highest BCUT2D eigenvalue weighted by molar-refractivity contribution is 6.10. The fourth-order valence-electron chi connectivity index (χ4n) is 4.87. The summed E-state index contributed by atoms with van der Waals surface area (Å²) in [6.07, 6.45) is -0.306. The van der Waals surface area contributed by atoms with Crippen molar-refractivity contribution in [2.24, 2.45) is 0 Å². The van der Waals surface area contributed by atoms with Gasteiger partial charge in [0.2, 0.25) is 13.6 Å². The maximum atomic E-state index is 13.7. The van der Waals surface area contributed by atoms with E-state index in [-0.39, 0.29) is 19.4 Å². The zero-order valence-electron chi connectivity index (χ0n) is 14.7. The normalized spacial score (nSPS) is 27.2. The zero-order chi connectivity index (χ0) is 18.3. The fourth-order valence-corrected chi connectivity index (χ4v) is 4.87. The molecule has 0 unspecified atom stereocenters. The van der Waals surface area contributed by atoms with Gasteiger partial charge in [0.25, 0.3) is 0 Å². The summed E-state index contributed by atoms with van der Waals surface area (Å²) in [5.74, 6) is 2.17. The van der Waals surface area contributed by atoms with Crippen LogP contribution in [0.2, 0.25) is 0 Å². The Balaban J connectivity index is 1.63. The van der Waals surface area contributed by atoms with Crippen LogP contribution in [0.3, 0.4) is 0 Å². The summed E-state index contributed by atoms with van der Waals surface area (Å²) in [5, 5.41) is 11.5. The van der Waals surface area contributed by atoms with Crippen LogP contribution in [0, 0.1) is 0 Å². The van der Waals surface area contributed by atoms with Crippen molar-refractivity contribution < 1.29 is 28.8 Å². The van der Waals surface area contributed by atoms with E-state index in [9.17, 15) is 9.90 Å². The van der Waals surface area contributed by atoms with Crippen molar-refractivity contribution in [3.63, 3.8) is 0 Å². The third-order valence-electron chi connectivity index (χ3n) is 6.17. The molecule has 0 saturated heterocycles. The molecule has 6 rings (SSSR count). The van der Waals surface area contributed by atoms with Gasteiger partial charge in [-0.2, -0.15) is 0 Å². The minimum Gasteiger partial charge on any atom is -0.454 e. The lowest BCUT2D eigenvalue weighted by Crippen LogP contribution is -2.54. The Morgan fingerprint density at radius 3 is 2.67 bits per heavy atom. The van der Waals surface area contributed by atoms with Crippen molar-refractivity contribution in [3.05, 3.63) is 46.5 Å². The molecule has 0 saturated carbocycles. The maximum Gasteiger partial charge on any atom is 0.231 e. The molecule has 1 spiro atoms. The summed E-state index contributed by atoms with van der Waals surface area (Å²) >= 11 is 0. The first-order valence-corrected chi connectivity index (χ1v) is 8.92. The Morgan fingerprint density at radius 1 is 1.07 bits per heavy atom. The number of carbonyl (C=O) groups is 1. The fraction of sp³-hybridized carbons (Fsp3) is 0.350. The highest BCUT2D eigenvalue weighted by atomic mass is 16.7. The standard InChI is InChI=1S/C20H17NO6/c1-21-5-4-10-6-14-15(26-8-25-14)7-12(10)20(21)18(22)11-2-3-13-17(27-9-24-13)16(11)19(20)23/h2-3,6-7,19,23H,4-5,8-9H2,1H3/t19-,20+/m1/s1. The first kappa shape index (κ1) is 15.3. The summed E-state index contributed by atoms with van der Waals surface area (Å²) < 4.78 is 22.1. The molecule has 0 aromatic heterocycles. The number of aliphatic hydroxyl groups excluding tert-OH is 1. The lowest BCUT2D eigenvalue weighted by Gasteiger charge is -2.44. The molecule has 2 aromatic rings. The number of aliphatic hydroxyl groups is 1. The number of nitrogens with zero attached hydrogens (tertiary/aromatic N) is 1. The van der Waals surface area contributed by atoms with Gasteiger partial charge in [-0.1, -0.05) is 0 Å². The van der Waals surface area contributed by atoms with Crippen molar-refractivity contribution in [1.82, 2.24) is 4.90 Å². The van der Waals surface area contributed by atoms with Crippen LogP contribution in [-0.2, 0) is 12.0 Å². The van der Waals surface area contributed by atoms with Crippen LogP contribution in [0.5, 0.6) is 23.0 Å². The van der Waals surface area contributed by atoms with Gasteiger partial charge in [-0.3, -0.25) is 9.69 Å². The minimum absolute atomic E-state index is 0.0881. The van der Waals surface area contributed by atoms with E-state index in [4.69, 9.17) is 18.9 Å². The summed E-state index contributed by atoms with van der Waals surface area (Å²) in [6.45, 7) is 0.893. The van der Waals surface area contributed by atoms with Gasteiger partial charge in [0.15, 0.2) is 28.8 Å². The van der Waals surface area contributed by atoms with E-state index in [1.807, 2.05) is 24.1 Å². The highest BCUT2D eigenvalue weighted by Crippen LogP contribution is 2.57. The lowest BCUT2D eigenvalue weighted by atomic mass is 9.76. The number of ketones is 1. The third-order valence-corrected chi connectivity index (χ3v) is 6.17. The Morgan fingerprint density at radius 2 is 1.81 bits per heavy atom. The van der Waals surface area contributed by atoms with E-state index in [1.54, 1.807) is 12.1 Å². The van der Waals surface area contributed by atoms with E-state index < -0.39 is 11.6 Å². The monoisotopic (exact) mass is 367 g/mol. The second-order valence-corrected chi connectivity index (χ2v) is 7.29. The van der Waals surface area contributed by atoms with Gasteiger partial charge < -0.3 is 24.1 Å². The van der Waals surface area contributed by atoms with E-state index in [1.165, 1.54) is 0 Å². The molecule has 1 aliphatic carbocycles. The van der Waals surface area contributed by atoms with Crippen LogP contribution in [-0.4, -0.2) is 43.0 Å². The van der Waals surface area contributed by atoms with Crippen molar-refractivity contribution in [3.8, 4) is 23.0 Å². The van der Waals surface area contributed by atoms with E-state index >= 15 is 0 Å². The van der Waals surface area contributed by atoms with Crippen LogP contribution in [0.4, 0.5) is 0 Å². The number of Topliss-reactive ketones (excluding diaryl/α,β-unsaturated/α-hetero) is 1. The number of hydrogen-bond donors (Lipinski definition) is 1. The molecule has 3 heterocycles. The van der Waals surface area contributed by atoms with Crippen molar-refractivity contribution in [2.45, 2.75) is 18.1 Å². The number of carbonyl (C=O) groups excluding carboxylic acids is 1. The van der Waals surface area contributed by atoms with Gasteiger partial charge in [-0.25, -0.2) is 0 Å². The minimum atomic E-state index is -1.21. The Kier molecular flexibility index (Phi) is 2.80. The van der Waals surface area contributed by atoms with Crippen LogP contribution in [0.1, 0.15) is 33.2 Å². The van der Waals surface area contributed by atoms with Gasteiger partial charge in [-0.15, -0.1) is 0 Å². The Hall–Kier alpha value is -2.77. The average Bonchev–Trinajstić information content (AvgIpc) is 3.37. The number of rotatable bonds is 0. The molecule has 7 heteroatoms. The molecule has 27 heavy (non-hydrogen) atoms. The SMILES string of the molecule is CN1CCc2cc3c(cc2[C@@]12C(=O)c1ccc4c(c1[C@H]2O)OCO4)OCO3. The summed E-state index contributed by atoms with van der Waals surface area (Å²) in [6, 6.07) is 7.23. The molecular weight excluding hydrogens is 350 g/mol. The van der Waals surface area contributed by atoms with E-state index in [0.717, 1.165) is 17.5 Å². The van der Waals surface area contributed by atoms with Crippen LogP contribution in [0.25, 0.3) is 0 Å². The maximum absolute atomic E-state index is 13.7. The number of ether oxygens (including phenoxy) is 4. The first-order chi connectivity index (χ1) is 13.1. The summed E-state index contributed by atoms with van der Waals surface area (Å²) in [4.78, 5) is 15.6. The topological polar surface area (TPSA) is 77.5 Å². The quantitative estimate of drug-likeness (QED) is 0.760. The molecule has 4 aliphatic rings. The average molecular weight is 367 g/mol. The molecule has 0 fully saturated rings. The highest BCUT2D eigenvalue weighted by Gasteiger charge is 2.60. The van der Waals surface area contributed by atoms with Crippen molar-refractivity contribution in [1.29, 1.82) is 0 Å². The van der Waals surface area contributed by atoms with Gasteiger partial charge in [0, 0.05) is 17.7 Å². The first-order valence-electron chi connectivity index (χ1n) is 8.92. The van der Waals surface area contributed by atoms with E-state index in [0.29, 0.717) is 40.7 Å². The molecule has 138 valence electrons. The number of hydrogen-bond acceptors (Lipinski definition) is 7. The van der Waals surface area contributed by atoms with Gasteiger partial charge in [0.05, 0.1) is 0 Å². The third kappa shape index (κ3) is 1.67. The number of likely N-dealkylation sites (N-methyl/N-ethyl adjacent to an activating group) is 1. The smallest absolute Gasteiger partial charge is 0.231 e. The van der Waals surface area contributed by atoms with E-state index in [2.05, 4.69) is 0 Å². The molecule has 2 aromatic carbocycles. The Labute approximate surface area is 155 Å². The number of fused-ring (bicyclic) bond motifs is 6. The Bertz CT molecular complexity index is 1020. The number of benzene rings is 2. The molecule has 1 N–H and O–H groups in total. The second kappa shape index (κ2) is 4.94. The van der Waals surface area contributed by atoms with Gasteiger partial charge in [-0.05, 0) is 48.9 Å². The van der Waals surface area contributed by atoms with Crippen LogP contribution < -0.4 is 18.9 Å². The molecular formula is C20H17NO6.